The quantitative estimate of drug-likeness (QED) is 0.779. The summed E-state index contributed by atoms with van der Waals surface area (Å²) in [5.41, 5.74) is 10.1. The second-order valence-corrected chi connectivity index (χ2v) is 5.78. The van der Waals surface area contributed by atoms with Crippen molar-refractivity contribution in [2.75, 3.05) is 0 Å². The van der Waals surface area contributed by atoms with E-state index in [1.54, 1.807) is 6.07 Å². The van der Waals surface area contributed by atoms with E-state index in [2.05, 4.69) is 4.98 Å². The van der Waals surface area contributed by atoms with E-state index in [9.17, 15) is 4.39 Å². The Morgan fingerprint density at radius 1 is 1.14 bits per heavy atom. The van der Waals surface area contributed by atoms with E-state index in [-0.39, 0.29) is 5.82 Å². The predicted octanol–water partition coefficient (Wildman–Crippen LogP) is 4.38. The summed E-state index contributed by atoms with van der Waals surface area (Å²) in [5.74, 6) is -0.236. The van der Waals surface area contributed by atoms with Crippen LogP contribution >= 0.6 is 11.3 Å². The highest BCUT2D eigenvalue weighted by molar-refractivity contribution is 7.13. The maximum atomic E-state index is 13.9. The van der Waals surface area contributed by atoms with Gasteiger partial charge in [0.1, 0.15) is 10.8 Å². The molecule has 0 aliphatic rings. The van der Waals surface area contributed by atoms with Gasteiger partial charge in [0.2, 0.25) is 0 Å². The fourth-order valence-corrected chi connectivity index (χ4v) is 2.99. The molecule has 2 aromatic carbocycles. The molecule has 0 aliphatic carbocycles. The van der Waals surface area contributed by atoms with Gasteiger partial charge in [0, 0.05) is 23.1 Å². The van der Waals surface area contributed by atoms with Crippen LogP contribution in [0.2, 0.25) is 0 Å². The normalized spacial score (nSPS) is 10.8. The van der Waals surface area contributed by atoms with Gasteiger partial charge in [0.15, 0.2) is 0 Å². The molecule has 4 heteroatoms. The summed E-state index contributed by atoms with van der Waals surface area (Å²) in [5, 5.41) is 2.66. The molecule has 0 bridgehead atoms. The molecule has 0 radical (unpaired) electrons. The maximum Gasteiger partial charge on any atom is 0.133 e. The average Bonchev–Trinajstić information content (AvgIpc) is 2.99. The number of hydrogen-bond donors (Lipinski definition) is 1. The van der Waals surface area contributed by atoms with E-state index in [1.807, 2.05) is 42.6 Å². The Morgan fingerprint density at radius 2 is 1.90 bits per heavy atom. The number of benzene rings is 2. The zero-order chi connectivity index (χ0) is 14.8. The summed E-state index contributed by atoms with van der Waals surface area (Å²) in [4.78, 5) is 4.56. The first-order valence-corrected chi connectivity index (χ1v) is 7.57. The molecule has 2 N–H and O–H groups in total. The molecular formula is C17H15FN2S. The largest absolute Gasteiger partial charge is 0.326 e. The fraction of sp³-hybridized carbons (Fsp3) is 0.118. The fourth-order valence-electron chi connectivity index (χ4n) is 2.14. The van der Waals surface area contributed by atoms with E-state index in [1.165, 1.54) is 17.4 Å². The Balaban J connectivity index is 1.97. The lowest BCUT2D eigenvalue weighted by Crippen LogP contribution is -1.95. The molecule has 1 heterocycles. The standard InChI is InChI=1S/C17H15FN2S/c1-11-2-7-15(18)14(8-11)17-20-16(10-21-17)13-5-3-12(9-19)4-6-13/h2-8,10H,9,19H2,1H3. The topological polar surface area (TPSA) is 38.9 Å². The molecule has 2 nitrogen and oxygen atoms in total. The van der Waals surface area contributed by atoms with Gasteiger partial charge in [-0.3, -0.25) is 0 Å². The molecule has 106 valence electrons. The van der Waals surface area contributed by atoms with Gasteiger partial charge in [-0.15, -0.1) is 11.3 Å². The van der Waals surface area contributed by atoms with Crippen LogP contribution in [0, 0.1) is 12.7 Å². The van der Waals surface area contributed by atoms with Crippen LogP contribution in [0.1, 0.15) is 11.1 Å². The van der Waals surface area contributed by atoms with Crippen LogP contribution in [0.15, 0.2) is 47.8 Å². The minimum absolute atomic E-state index is 0.236. The highest BCUT2D eigenvalue weighted by Gasteiger charge is 2.11. The Hall–Kier alpha value is -2.04. The third-order valence-electron chi connectivity index (χ3n) is 3.34. The first-order valence-electron chi connectivity index (χ1n) is 6.69. The lowest BCUT2D eigenvalue weighted by atomic mass is 10.1. The Kier molecular flexibility index (Phi) is 3.82. The van der Waals surface area contributed by atoms with Crippen molar-refractivity contribution in [3.05, 3.63) is 64.8 Å². The van der Waals surface area contributed by atoms with Gasteiger partial charge in [-0.1, -0.05) is 35.9 Å². The van der Waals surface area contributed by atoms with Crippen LogP contribution in [0.25, 0.3) is 21.8 Å². The molecular weight excluding hydrogens is 283 g/mol. The zero-order valence-corrected chi connectivity index (χ0v) is 12.5. The van der Waals surface area contributed by atoms with Crippen molar-refractivity contribution < 1.29 is 4.39 Å². The minimum Gasteiger partial charge on any atom is -0.326 e. The van der Waals surface area contributed by atoms with E-state index in [4.69, 9.17) is 5.73 Å². The lowest BCUT2D eigenvalue weighted by Gasteiger charge is -2.01. The van der Waals surface area contributed by atoms with Gasteiger partial charge in [0.05, 0.1) is 5.69 Å². The molecule has 0 saturated carbocycles. The number of thiazole rings is 1. The van der Waals surface area contributed by atoms with Gasteiger partial charge < -0.3 is 5.73 Å². The van der Waals surface area contributed by atoms with Gasteiger partial charge in [-0.25, -0.2) is 9.37 Å². The minimum atomic E-state index is -0.236. The van der Waals surface area contributed by atoms with Crippen molar-refractivity contribution in [2.24, 2.45) is 5.73 Å². The number of rotatable bonds is 3. The summed E-state index contributed by atoms with van der Waals surface area (Å²) in [6.07, 6.45) is 0. The second kappa shape index (κ2) is 5.76. The van der Waals surface area contributed by atoms with Gasteiger partial charge >= 0.3 is 0 Å². The predicted molar refractivity (Wildman–Crippen MR) is 85.6 cm³/mol. The van der Waals surface area contributed by atoms with Crippen LogP contribution < -0.4 is 5.73 Å². The number of nitrogens with two attached hydrogens (primary N) is 1. The molecule has 0 fully saturated rings. The molecule has 3 rings (SSSR count). The van der Waals surface area contributed by atoms with Crippen molar-refractivity contribution >= 4 is 11.3 Å². The van der Waals surface area contributed by atoms with Crippen LogP contribution in [0.4, 0.5) is 4.39 Å². The van der Waals surface area contributed by atoms with E-state index < -0.39 is 0 Å². The molecule has 0 atom stereocenters. The van der Waals surface area contributed by atoms with Gasteiger partial charge in [0.25, 0.3) is 0 Å². The maximum absolute atomic E-state index is 13.9. The number of nitrogens with zero attached hydrogens (tertiary/aromatic N) is 1. The highest BCUT2D eigenvalue weighted by Crippen LogP contribution is 2.31. The molecule has 0 unspecified atom stereocenters. The highest BCUT2D eigenvalue weighted by atomic mass is 32.1. The number of aryl methyl sites for hydroxylation is 1. The van der Waals surface area contributed by atoms with E-state index >= 15 is 0 Å². The second-order valence-electron chi connectivity index (χ2n) is 4.92. The Morgan fingerprint density at radius 3 is 2.62 bits per heavy atom. The van der Waals surface area contributed by atoms with Crippen LogP contribution in [-0.2, 0) is 6.54 Å². The summed E-state index contributed by atoms with van der Waals surface area (Å²) >= 11 is 1.45. The third kappa shape index (κ3) is 2.86. The molecule has 0 amide bonds. The number of hydrogen-bond acceptors (Lipinski definition) is 3. The molecule has 0 saturated heterocycles. The van der Waals surface area contributed by atoms with Crippen molar-refractivity contribution in [2.45, 2.75) is 13.5 Å². The van der Waals surface area contributed by atoms with E-state index in [0.717, 1.165) is 22.4 Å². The molecule has 3 aromatic rings. The smallest absolute Gasteiger partial charge is 0.133 e. The summed E-state index contributed by atoms with van der Waals surface area (Å²) in [6, 6.07) is 13.0. The lowest BCUT2D eigenvalue weighted by molar-refractivity contribution is 0.631. The number of halogens is 1. The number of aromatic nitrogens is 1. The molecule has 1 aromatic heterocycles. The van der Waals surface area contributed by atoms with Crippen molar-refractivity contribution in [1.29, 1.82) is 0 Å². The van der Waals surface area contributed by atoms with Crippen LogP contribution in [0.3, 0.4) is 0 Å². The molecule has 0 spiro atoms. The van der Waals surface area contributed by atoms with E-state index in [0.29, 0.717) is 17.1 Å². The summed E-state index contributed by atoms with van der Waals surface area (Å²) in [6.45, 7) is 2.47. The Bertz CT molecular complexity index is 763. The van der Waals surface area contributed by atoms with Crippen LogP contribution in [0.5, 0.6) is 0 Å². The first-order chi connectivity index (χ1) is 10.2. The van der Waals surface area contributed by atoms with Crippen LogP contribution in [-0.4, -0.2) is 4.98 Å². The summed E-state index contributed by atoms with van der Waals surface area (Å²) in [7, 11) is 0. The molecule has 21 heavy (non-hydrogen) atoms. The summed E-state index contributed by atoms with van der Waals surface area (Å²) < 4.78 is 13.9. The third-order valence-corrected chi connectivity index (χ3v) is 4.22. The van der Waals surface area contributed by atoms with Gasteiger partial charge in [-0.2, -0.15) is 0 Å². The van der Waals surface area contributed by atoms with Gasteiger partial charge in [-0.05, 0) is 24.6 Å². The van der Waals surface area contributed by atoms with Crippen molar-refractivity contribution in [1.82, 2.24) is 4.98 Å². The average molecular weight is 298 g/mol. The first kappa shape index (κ1) is 13.9. The van der Waals surface area contributed by atoms with Crippen molar-refractivity contribution in [3.63, 3.8) is 0 Å². The Labute approximate surface area is 127 Å². The van der Waals surface area contributed by atoms with Crippen molar-refractivity contribution in [3.8, 4) is 21.8 Å². The zero-order valence-electron chi connectivity index (χ0n) is 11.6. The monoisotopic (exact) mass is 298 g/mol. The molecule has 0 aliphatic heterocycles. The SMILES string of the molecule is Cc1ccc(F)c(-c2nc(-c3ccc(CN)cc3)cs2)c1.